The highest BCUT2D eigenvalue weighted by Crippen LogP contribution is 2.25. The van der Waals surface area contributed by atoms with E-state index in [2.05, 4.69) is 10.3 Å². The molecule has 8 heteroatoms. The highest BCUT2D eigenvalue weighted by molar-refractivity contribution is 5.94. The van der Waals surface area contributed by atoms with Gasteiger partial charge in [-0.15, -0.1) is 0 Å². The van der Waals surface area contributed by atoms with Crippen LogP contribution >= 0.6 is 0 Å². The summed E-state index contributed by atoms with van der Waals surface area (Å²) in [6.07, 6.45) is 3.19. The molecule has 0 unspecified atom stereocenters. The number of hydrogen-bond donors (Lipinski definition) is 1. The number of urea groups is 1. The van der Waals surface area contributed by atoms with Crippen molar-refractivity contribution in [3.63, 3.8) is 0 Å². The van der Waals surface area contributed by atoms with Crippen molar-refractivity contribution >= 4 is 11.9 Å². The Balaban J connectivity index is 1.63. The van der Waals surface area contributed by atoms with E-state index in [-0.39, 0.29) is 30.1 Å². The Morgan fingerprint density at radius 2 is 1.96 bits per heavy atom. The molecule has 148 valence electrons. The van der Waals surface area contributed by atoms with Crippen molar-refractivity contribution in [1.29, 1.82) is 0 Å². The zero-order valence-corrected chi connectivity index (χ0v) is 16.2. The number of carbonyl (C=O) groups is 2. The molecule has 0 spiro atoms. The molecule has 3 heterocycles. The number of ether oxygens (including phenoxy) is 2. The molecule has 1 aromatic heterocycles. The van der Waals surface area contributed by atoms with Crippen LogP contribution in [0.5, 0.6) is 5.88 Å². The van der Waals surface area contributed by atoms with Crippen molar-refractivity contribution in [2.24, 2.45) is 0 Å². The molecule has 0 atom stereocenters. The number of pyridine rings is 1. The minimum absolute atomic E-state index is 0.0296. The number of nitrogens with zero attached hydrogens (tertiary/aromatic N) is 3. The standard InChI is InChI=1S/C19H28N4O4/c1-13(2)21-19(25)23(15-6-8-27-9-7-15)16-11-22(12-16)18(24)14-4-5-17(26-3)20-10-14/h4-5,10,13,15-16H,6-9,11-12H2,1-3H3,(H,21,25). The van der Waals surface area contributed by atoms with Gasteiger partial charge in [0, 0.05) is 50.7 Å². The van der Waals surface area contributed by atoms with Crippen LogP contribution in [0.25, 0.3) is 0 Å². The first-order valence-electron chi connectivity index (χ1n) is 9.45. The summed E-state index contributed by atoms with van der Waals surface area (Å²) < 4.78 is 10.5. The van der Waals surface area contributed by atoms with Gasteiger partial charge in [-0.3, -0.25) is 4.79 Å². The van der Waals surface area contributed by atoms with E-state index in [1.165, 1.54) is 13.3 Å². The normalized spacial score (nSPS) is 18.1. The van der Waals surface area contributed by atoms with Gasteiger partial charge in [0.05, 0.1) is 18.7 Å². The van der Waals surface area contributed by atoms with E-state index in [0.717, 1.165) is 12.8 Å². The van der Waals surface area contributed by atoms with Crippen molar-refractivity contribution in [3.05, 3.63) is 23.9 Å². The second-order valence-corrected chi connectivity index (χ2v) is 7.31. The maximum absolute atomic E-state index is 12.8. The van der Waals surface area contributed by atoms with E-state index < -0.39 is 0 Å². The van der Waals surface area contributed by atoms with Gasteiger partial charge in [-0.1, -0.05) is 0 Å². The third-order valence-electron chi connectivity index (χ3n) is 4.97. The van der Waals surface area contributed by atoms with E-state index in [0.29, 0.717) is 37.7 Å². The molecule has 27 heavy (non-hydrogen) atoms. The average Bonchev–Trinajstić information content (AvgIpc) is 2.64. The molecule has 2 saturated heterocycles. The van der Waals surface area contributed by atoms with Crippen LogP contribution in [-0.2, 0) is 4.74 Å². The summed E-state index contributed by atoms with van der Waals surface area (Å²) in [4.78, 5) is 33.1. The Bertz CT molecular complexity index is 652. The number of aromatic nitrogens is 1. The second-order valence-electron chi connectivity index (χ2n) is 7.31. The number of carbonyl (C=O) groups excluding carboxylic acids is 2. The first-order chi connectivity index (χ1) is 13.0. The van der Waals surface area contributed by atoms with Crippen LogP contribution in [0.4, 0.5) is 4.79 Å². The summed E-state index contributed by atoms with van der Waals surface area (Å²) in [5.74, 6) is 0.404. The van der Waals surface area contributed by atoms with E-state index in [1.807, 2.05) is 18.7 Å². The molecule has 0 radical (unpaired) electrons. The maximum Gasteiger partial charge on any atom is 0.318 e. The monoisotopic (exact) mass is 376 g/mol. The smallest absolute Gasteiger partial charge is 0.318 e. The van der Waals surface area contributed by atoms with Gasteiger partial charge in [-0.25, -0.2) is 9.78 Å². The lowest BCUT2D eigenvalue weighted by Gasteiger charge is -2.49. The van der Waals surface area contributed by atoms with Gasteiger partial charge in [-0.2, -0.15) is 0 Å². The third kappa shape index (κ3) is 4.50. The first-order valence-corrected chi connectivity index (χ1v) is 9.45. The van der Waals surface area contributed by atoms with Crippen molar-refractivity contribution in [2.75, 3.05) is 33.4 Å². The quantitative estimate of drug-likeness (QED) is 0.842. The van der Waals surface area contributed by atoms with Gasteiger partial charge < -0.3 is 24.6 Å². The van der Waals surface area contributed by atoms with Crippen LogP contribution in [-0.4, -0.2) is 78.3 Å². The molecule has 3 amide bonds. The van der Waals surface area contributed by atoms with Crippen LogP contribution in [0.1, 0.15) is 37.0 Å². The van der Waals surface area contributed by atoms with E-state index in [4.69, 9.17) is 9.47 Å². The zero-order chi connectivity index (χ0) is 19.4. The molecule has 1 aromatic rings. The number of nitrogens with one attached hydrogen (secondary N) is 1. The number of methoxy groups -OCH3 is 1. The number of hydrogen-bond acceptors (Lipinski definition) is 5. The number of likely N-dealkylation sites (tertiary alicyclic amines) is 1. The zero-order valence-electron chi connectivity index (χ0n) is 16.2. The lowest BCUT2D eigenvalue weighted by molar-refractivity contribution is -0.00523. The Morgan fingerprint density at radius 1 is 1.26 bits per heavy atom. The molecule has 8 nitrogen and oxygen atoms in total. The number of amides is 3. The molecule has 0 aromatic carbocycles. The molecule has 0 aliphatic carbocycles. The number of rotatable bonds is 5. The summed E-state index contributed by atoms with van der Waals surface area (Å²) >= 11 is 0. The molecule has 0 bridgehead atoms. The van der Waals surface area contributed by atoms with Crippen LogP contribution in [0.2, 0.25) is 0 Å². The fourth-order valence-electron chi connectivity index (χ4n) is 3.52. The van der Waals surface area contributed by atoms with Crippen molar-refractivity contribution in [3.8, 4) is 5.88 Å². The summed E-state index contributed by atoms with van der Waals surface area (Å²) in [6.45, 7) is 6.31. The fraction of sp³-hybridized carbons (Fsp3) is 0.632. The van der Waals surface area contributed by atoms with Gasteiger partial charge in [-0.05, 0) is 32.8 Å². The largest absolute Gasteiger partial charge is 0.481 e. The summed E-state index contributed by atoms with van der Waals surface area (Å²) in [6, 6.07) is 3.59. The minimum Gasteiger partial charge on any atom is -0.481 e. The van der Waals surface area contributed by atoms with E-state index >= 15 is 0 Å². The first kappa shape index (κ1) is 19.4. The SMILES string of the molecule is COc1ccc(C(=O)N2CC(N(C(=O)NC(C)C)C3CCOCC3)C2)cn1. The predicted molar refractivity (Wildman–Crippen MR) is 99.8 cm³/mol. The van der Waals surface area contributed by atoms with Crippen molar-refractivity contribution < 1.29 is 19.1 Å². The predicted octanol–water partition coefficient (Wildman–Crippen LogP) is 1.51. The highest BCUT2D eigenvalue weighted by Gasteiger charge is 2.41. The topological polar surface area (TPSA) is 84.0 Å². The molecule has 2 fully saturated rings. The Labute approximate surface area is 159 Å². The molecule has 1 N–H and O–H groups in total. The van der Waals surface area contributed by atoms with Gasteiger partial charge in [0.1, 0.15) is 0 Å². The maximum atomic E-state index is 12.8. The summed E-state index contributed by atoms with van der Waals surface area (Å²) in [5.41, 5.74) is 0.526. The van der Waals surface area contributed by atoms with E-state index in [9.17, 15) is 9.59 Å². The van der Waals surface area contributed by atoms with Crippen molar-refractivity contribution in [2.45, 2.75) is 44.8 Å². The Kier molecular flexibility index (Phi) is 6.15. The van der Waals surface area contributed by atoms with E-state index in [1.54, 1.807) is 17.0 Å². The second kappa shape index (κ2) is 8.56. The van der Waals surface area contributed by atoms with Crippen molar-refractivity contribution in [1.82, 2.24) is 20.1 Å². The third-order valence-corrected chi connectivity index (χ3v) is 4.97. The lowest BCUT2D eigenvalue weighted by atomic mass is 9.99. The Morgan fingerprint density at radius 3 is 2.52 bits per heavy atom. The minimum atomic E-state index is -0.0717. The summed E-state index contributed by atoms with van der Waals surface area (Å²) in [5, 5.41) is 3.00. The Hall–Kier alpha value is -2.35. The molecular weight excluding hydrogens is 348 g/mol. The molecule has 3 rings (SSSR count). The molecule has 0 saturated carbocycles. The van der Waals surface area contributed by atoms with Gasteiger partial charge >= 0.3 is 6.03 Å². The van der Waals surface area contributed by atoms with Crippen LogP contribution in [0.15, 0.2) is 18.3 Å². The summed E-state index contributed by atoms with van der Waals surface area (Å²) in [7, 11) is 1.54. The fourth-order valence-corrected chi connectivity index (χ4v) is 3.52. The molecule has 2 aliphatic heterocycles. The molecular formula is C19H28N4O4. The average molecular weight is 376 g/mol. The van der Waals surface area contributed by atoms with Crippen LogP contribution < -0.4 is 10.1 Å². The highest BCUT2D eigenvalue weighted by atomic mass is 16.5. The molecule has 2 aliphatic rings. The van der Waals surface area contributed by atoms with Gasteiger partial charge in [0.15, 0.2) is 0 Å². The van der Waals surface area contributed by atoms with Crippen LogP contribution in [0.3, 0.4) is 0 Å². The lowest BCUT2D eigenvalue weighted by Crippen LogP contribution is -2.66. The van der Waals surface area contributed by atoms with Crippen LogP contribution in [0, 0.1) is 0 Å². The van der Waals surface area contributed by atoms with Gasteiger partial charge in [0.25, 0.3) is 5.91 Å². The van der Waals surface area contributed by atoms with Gasteiger partial charge in [0.2, 0.25) is 5.88 Å².